The van der Waals surface area contributed by atoms with E-state index in [2.05, 4.69) is 56.4 Å². The minimum absolute atomic E-state index is 0.0387. The largest absolute Gasteiger partial charge is 0.477 e. The summed E-state index contributed by atoms with van der Waals surface area (Å²) in [7, 11) is 5.50. The molecular formula is C47H80NO7+. The van der Waals surface area contributed by atoms with Gasteiger partial charge in [0, 0.05) is 19.3 Å². The van der Waals surface area contributed by atoms with E-state index >= 15 is 0 Å². The summed E-state index contributed by atoms with van der Waals surface area (Å²) in [5.41, 5.74) is 0. The maximum Gasteiger partial charge on any atom is 0.362 e. The molecule has 0 aromatic rings. The highest BCUT2D eigenvalue weighted by molar-refractivity contribution is 5.72. The first-order chi connectivity index (χ1) is 26.6. The van der Waals surface area contributed by atoms with Crippen molar-refractivity contribution in [2.75, 3.05) is 41.0 Å². The number of carboxylic acids is 1. The lowest BCUT2D eigenvalue weighted by atomic mass is 10.1. The lowest BCUT2D eigenvalue weighted by Gasteiger charge is -2.31. The summed E-state index contributed by atoms with van der Waals surface area (Å²) in [6.45, 7) is 4.52. The highest BCUT2D eigenvalue weighted by Crippen LogP contribution is 2.13. The summed E-state index contributed by atoms with van der Waals surface area (Å²) in [6, 6.07) is -0.626. The number of quaternary nitrogens is 1. The van der Waals surface area contributed by atoms with Crippen molar-refractivity contribution in [1.82, 2.24) is 0 Å². The average Bonchev–Trinajstić information content (AvgIpc) is 3.14. The van der Waals surface area contributed by atoms with Crippen LogP contribution in [-0.4, -0.2) is 80.6 Å². The summed E-state index contributed by atoms with van der Waals surface area (Å²) in [4.78, 5) is 36.9. The van der Waals surface area contributed by atoms with E-state index in [-0.39, 0.29) is 42.7 Å². The van der Waals surface area contributed by atoms with Gasteiger partial charge in [-0.1, -0.05) is 151 Å². The molecule has 1 N–H and O–H groups in total. The van der Waals surface area contributed by atoms with Crippen molar-refractivity contribution >= 4 is 17.9 Å². The summed E-state index contributed by atoms with van der Waals surface area (Å²) >= 11 is 0. The van der Waals surface area contributed by atoms with Gasteiger partial charge in [-0.05, 0) is 57.8 Å². The zero-order valence-corrected chi connectivity index (χ0v) is 35.6. The van der Waals surface area contributed by atoms with Crippen LogP contribution in [0.25, 0.3) is 0 Å². The van der Waals surface area contributed by atoms with Crippen LogP contribution in [0.5, 0.6) is 0 Å². The molecule has 0 aromatic heterocycles. The minimum atomic E-state index is -0.886. The van der Waals surface area contributed by atoms with Gasteiger partial charge in [0.05, 0.1) is 34.4 Å². The Morgan fingerprint density at radius 3 is 1.55 bits per heavy atom. The molecular weight excluding hydrogens is 691 g/mol. The van der Waals surface area contributed by atoms with E-state index in [1.165, 1.54) is 44.9 Å². The Kier molecular flexibility index (Phi) is 35.5. The summed E-state index contributed by atoms with van der Waals surface area (Å²) in [5, 5.41) is 9.61. The number of likely N-dealkylation sites (N-methyl/N-ethyl adjacent to an activating group) is 1. The molecule has 0 rings (SSSR count). The van der Waals surface area contributed by atoms with Crippen molar-refractivity contribution in [3.8, 4) is 0 Å². The quantitative estimate of drug-likeness (QED) is 0.0291. The van der Waals surface area contributed by atoms with Crippen molar-refractivity contribution in [3.05, 3.63) is 72.9 Å². The Balaban J connectivity index is 4.47. The molecule has 8 heteroatoms. The van der Waals surface area contributed by atoms with Gasteiger partial charge in [-0.3, -0.25) is 9.59 Å². The van der Waals surface area contributed by atoms with Gasteiger partial charge in [0.15, 0.2) is 12.1 Å². The van der Waals surface area contributed by atoms with Gasteiger partial charge >= 0.3 is 17.9 Å². The highest BCUT2D eigenvalue weighted by Gasteiger charge is 2.31. The normalized spacial score (nSPS) is 13.7. The zero-order valence-electron chi connectivity index (χ0n) is 35.6. The monoisotopic (exact) mass is 771 g/mol. The molecule has 2 atom stereocenters. The predicted octanol–water partition coefficient (Wildman–Crippen LogP) is 11.6. The van der Waals surface area contributed by atoms with Gasteiger partial charge in [0.25, 0.3) is 0 Å². The Hall–Kier alpha value is -3.23. The molecule has 0 saturated heterocycles. The number of esters is 2. The number of unbranched alkanes of at least 4 members (excludes halogenated alkanes) is 15. The van der Waals surface area contributed by atoms with Crippen molar-refractivity contribution < 1.29 is 38.2 Å². The molecule has 2 unspecified atom stereocenters. The number of ether oxygens (including phenoxy) is 3. The van der Waals surface area contributed by atoms with E-state index in [4.69, 9.17) is 14.2 Å². The maximum absolute atomic E-state index is 12.7. The molecule has 314 valence electrons. The summed E-state index contributed by atoms with van der Waals surface area (Å²) < 4.78 is 17.2. The van der Waals surface area contributed by atoms with E-state index in [1.807, 2.05) is 51.5 Å². The second kappa shape index (κ2) is 37.7. The van der Waals surface area contributed by atoms with Crippen molar-refractivity contribution in [3.63, 3.8) is 0 Å². The second-order valence-corrected chi connectivity index (χ2v) is 15.3. The lowest BCUT2D eigenvalue weighted by molar-refractivity contribution is -0.887. The molecule has 0 bridgehead atoms. The van der Waals surface area contributed by atoms with Gasteiger partial charge in [-0.15, -0.1) is 0 Å². The fraction of sp³-hybridized carbons (Fsp3) is 0.681. The smallest absolute Gasteiger partial charge is 0.362 e. The van der Waals surface area contributed by atoms with Crippen LogP contribution in [0.15, 0.2) is 72.9 Å². The summed E-state index contributed by atoms with van der Waals surface area (Å²) in [5.74, 6) is -1.54. The summed E-state index contributed by atoms with van der Waals surface area (Å²) in [6.07, 6.45) is 46.6. The predicted molar refractivity (Wildman–Crippen MR) is 229 cm³/mol. The highest BCUT2D eigenvalue weighted by atomic mass is 16.6. The van der Waals surface area contributed by atoms with Crippen LogP contribution in [0.3, 0.4) is 0 Å². The van der Waals surface area contributed by atoms with Crippen LogP contribution in [0.4, 0.5) is 0 Å². The van der Waals surface area contributed by atoms with Gasteiger partial charge in [-0.25, -0.2) is 4.79 Å². The van der Waals surface area contributed by atoms with Gasteiger partial charge in [0.1, 0.15) is 6.61 Å². The molecule has 55 heavy (non-hydrogen) atoms. The molecule has 0 radical (unpaired) electrons. The average molecular weight is 771 g/mol. The molecule has 0 aliphatic rings. The first-order valence-electron chi connectivity index (χ1n) is 21.5. The number of carbonyl (C=O) groups is 3. The standard InChI is InChI=1S/C47H79NO7/c1-6-8-10-12-14-16-18-20-22-24-26-28-30-32-34-36-38-46(50)55-43(41-53-40-39-44(47(51)52)48(3,4)5)42-54-45(49)37-35-33-31-29-27-25-23-21-19-17-15-13-11-9-7-2/h9,11,13,15,17,19,21-24,26,28,43-44H,6-8,10,12,14,16,18,20,25,27,29-42H2,1-5H3/p+1/b11-9+,15-13+,19-17+,23-21+,24-22+,28-26+. The van der Waals surface area contributed by atoms with Crippen LogP contribution in [0.1, 0.15) is 155 Å². The van der Waals surface area contributed by atoms with E-state index in [0.29, 0.717) is 12.8 Å². The number of hydrogen-bond donors (Lipinski definition) is 1. The fourth-order valence-corrected chi connectivity index (χ4v) is 5.86. The molecule has 0 aliphatic carbocycles. The molecule has 0 heterocycles. The molecule has 0 aliphatic heterocycles. The number of aliphatic carboxylic acids is 1. The number of nitrogens with zero attached hydrogens (tertiary/aromatic N) is 1. The van der Waals surface area contributed by atoms with Crippen molar-refractivity contribution in [2.24, 2.45) is 0 Å². The Morgan fingerprint density at radius 2 is 1.02 bits per heavy atom. The molecule has 0 amide bonds. The molecule has 0 saturated carbocycles. The third kappa shape index (κ3) is 36.2. The zero-order chi connectivity index (χ0) is 40.7. The minimum Gasteiger partial charge on any atom is -0.477 e. The van der Waals surface area contributed by atoms with E-state index in [1.54, 1.807) is 0 Å². The number of carboxylic acid groups (broad SMARTS) is 1. The van der Waals surface area contributed by atoms with Crippen LogP contribution < -0.4 is 0 Å². The van der Waals surface area contributed by atoms with Crippen LogP contribution >= 0.6 is 0 Å². The molecule has 0 fully saturated rings. The Bertz CT molecular complexity index is 1130. The molecule has 0 aromatic carbocycles. The first kappa shape index (κ1) is 51.8. The SMILES string of the molecule is CC/C=C/C=C/C=C/C=C/CCCCCCCC(=O)OCC(COCCC(C(=O)O)[N+](C)(C)C)OC(=O)CCCCC/C=C/C=C/CCCCCCCCC. The van der Waals surface area contributed by atoms with E-state index < -0.39 is 18.1 Å². The van der Waals surface area contributed by atoms with Gasteiger partial charge < -0.3 is 23.8 Å². The van der Waals surface area contributed by atoms with Gasteiger partial charge in [0.2, 0.25) is 0 Å². The van der Waals surface area contributed by atoms with E-state index in [9.17, 15) is 19.5 Å². The first-order valence-corrected chi connectivity index (χ1v) is 21.5. The number of rotatable bonds is 37. The lowest BCUT2D eigenvalue weighted by Crippen LogP contribution is -2.50. The molecule has 0 spiro atoms. The molecule has 8 nitrogen and oxygen atoms in total. The van der Waals surface area contributed by atoms with Crippen molar-refractivity contribution in [2.45, 2.75) is 167 Å². The third-order valence-corrected chi connectivity index (χ3v) is 9.21. The van der Waals surface area contributed by atoms with Crippen LogP contribution in [0, 0.1) is 0 Å². The van der Waals surface area contributed by atoms with Crippen LogP contribution in [0.2, 0.25) is 0 Å². The van der Waals surface area contributed by atoms with Crippen molar-refractivity contribution in [1.29, 1.82) is 0 Å². The fourth-order valence-electron chi connectivity index (χ4n) is 5.86. The number of carbonyl (C=O) groups excluding carboxylic acids is 2. The van der Waals surface area contributed by atoms with Crippen LogP contribution in [-0.2, 0) is 28.6 Å². The Morgan fingerprint density at radius 1 is 0.564 bits per heavy atom. The second-order valence-electron chi connectivity index (χ2n) is 15.3. The Labute approximate surface area is 336 Å². The third-order valence-electron chi connectivity index (χ3n) is 9.21. The number of hydrogen-bond acceptors (Lipinski definition) is 6. The van der Waals surface area contributed by atoms with E-state index in [0.717, 1.165) is 77.0 Å². The maximum atomic E-state index is 12.7. The number of allylic oxidation sites excluding steroid dienone is 12. The topological polar surface area (TPSA) is 99.1 Å². The van der Waals surface area contributed by atoms with Gasteiger partial charge in [-0.2, -0.15) is 0 Å².